The van der Waals surface area contributed by atoms with Crippen LogP contribution >= 0.6 is 0 Å². The van der Waals surface area contributed by atoms with E-state index in [0.29, 0.717) is 19.1 Å². The van der Waals surface area contributed by atoms with Crippen LogP contribution in [0.15, 0.2) is 126 Å². The molecule has 0 saturated heterocycles. The van der Waals surface area contributed by atoms with Crippen LogP contribution in [0.4, 0.5) is 0 Å². The first kappa shape index (κ1) is 43.1. The first-order valence-corrected chi connectivity index (χ1v) is 32.4. The fourth-order valence-corrected chi connectivity index (χ4v) is 54.4. The van der Waals surface area contributed by atoms with Crippen molar-refractivity contribution >= 4 is 31.7 Å². The first-order chi connectivity index (χ1) is 28.3. The zero-order valence-corrected chi connectivity index (χ0v) is 41.7. The quantitative estimate of drug-likeness (QED) is 0.134. The number of halogens is 2. The van der Waals surface area contributed by atoms with Crippen molar-refractivity contribution in [2.24, 2.45) is 11.8 Å². The molecule has 5 unspecified atom stereocenters. The second-order valence-corrected chi connectivity index (χ2v) is 38.8. The maximum atomic E-state index is 2.78. The molecule has 2 aliphatic heterocycles. The van der Waals surface area contributed by atoms with Crippen LogP contribution in [0.2, 0.25) is 0 Å². The van der Waals surface area contributed by atoms with Crippen LogP contribution < -0.4 is 38.5 Å². The number of rotatable bonds is 10. The van der Waals surface area contributed by atoms with E-state index in [2.05, 4.69) is 183 Å². The summed E-state index contributed by atoms with van der Waals surface area (Å²) in [5, 5.41) is 3.58. The Bertz CT molecular complexity index is 2590. The summed E-state index contributed by atoms with van der Waals surface area (Å²) in [7, 11) is 0. The van der Waals surface area contributed by atoms with Gasteiger partial charge in [-0.2, -0.15) is 0 Å². The Morgan fingerprint density at radius 2 is 0.967 bits per heavy atom. The molecule has 0 nitrogen and oxygen atoms in total. The van der Waals surface area contributed by atoms with Gasteiger partial charge in [-0.05, 0) is 0 Å². The largest absolute Gasteiger partial charge is 1.00 e. The Labute approximate surface area is 377 Å². The predicted molar refractivity (Wildman–Crippen MR) is 250 cm³/mol. The van der Waals surface area contributed by atoms with Crippen LogP contribution in [-0.4, -0.2) is 5.92 Å². The van der Waals surface area contributed by atoms with E-state index in [0.717, 1.165) is 12.8 Å². The van der Waals surface area contributed by atoms with Gasteiger partial charge in [-0.15, -0.1) is 0 Å². The van der Waals surface area contributed by atoms with Crippen LogP contribution in [0.1, 0.15) is 106 Å². The zero-order valence-electron chi connectivity index (χ0n) is 36.6. The van der Waals surface area contributed by atoms with Gasteiger partial charge in [0.2, 0.25) is 0 Å². The van der Waals surface area contributed by atoms with E-state index in [1.54, 1.807) is 38.6 Å². The smallest absolute Gasteiger partial charge is 1.00 e. The van der Waals surface area contributed by atoms with Crippen LogP contribution in [-0.2, 0) is 32.3 Å². The molecule has 6 aromatic rings. The monoisotopic (exact) mass is 918 g/mol. The molecule has 6 aromatic carbocycles. The Morgan fingerprint density at radius 3 is 1.45 bits per heavy atom. The summed E-state index contributed by atoms with van der Waals surface area (Å²) in [6, 6.07) is 46.2. The van der Waals surface area contributed by atoms with E-state index >= 15 is 0 Å². The maximum absolute atomic E-state index is 3.80. The minimum atomic E-state index is -3.80. The molecule has 4 aliphatic rings. The third kappa shape index (κ3) is 5.98. The molecule has 0 N–H and O–H groups in total. The molecule has 0 spiro atoms. The minimum Gasteiger partial charge on any atom is -1.00 e. The maximum Gasteiger partial charge on any atom is -1.00 e. The van der Waals surface area contributed by atoms with E-state index in [1.165, 1.54) is 68.5 Å². The summed E-state index contributed by atoms with van der Waals surface area (Å²) in [6.07, 6.45) is 9.97. The number of allylic oxidation sites excluding steroid dienone is 2. The van der Waals surface area contributed by atoms with E-state index in [1.807, 2.05) is 8.46 Å². The zero-order chi connectivity index (χ0) is 40.0. The molecule has 0 bridgehead atoms. The molecule has 4 heteroatoms. The van der Waals surface area contributed by atoms with Gasteiger partial charge in [-0.1, -0.05) is 0 Å². The van der Waals surface area contributed by atoms with E-state index in [9.17, 15) is 0 Å². The summed E-state index contributed by atoms with van der Waals surface area (Å²) in [5.74, 6) is -0.618. The Balaban J connectivity index is 0.00000249. The number of aryl methyl sites for hydroxylation is 4. The average molecular weight is 921 g/mol. The molecule has 2 aliphatic carbocycles. The minimum absolute atomic E-state index is 0. The van der Waals surface area contributed by atoms with Crippen molar-refractivity contribution in [3.05, 3.63) is 171 Å². The van der Waals surface area contributed by atoms with Gasteiger partial charge in [0.1, 0.15) is 0 Å². The molecule has 5 atom stereocenters. The second kappa shape index (κ2) is 16.6. The van der Waals surface area contributed by atoms with E-state index in [4.69, 9.17) is 0 Å². The Morgan fingerprint density at radius 1 is 0.517 bits per heavy atom. The van der Waals surface area contributed by atoms with Gasteiger partial charge in [0, 0.05) is 0 Å². The summed E-state index contributed by atoms with van der Waals surface area (Å²) >= 11 is -3.80. The number of hydrogen-bond donors (Lipinski definition) is 0. The van der Waals surface area contributed by atoms with Crippen molar-refractivity contribution in [2.75, 3.05) is 0 Å². The number of benzene rings is 6. The Kier molecular flexibility index (Phi) is 12.0. The van der Waals surface area contributed by atoms with Gasteiger partial charge in [0.15, 0.2) is 0 Å². The van der Waals surface area contributed by atoms with Gasteiger partial charge >= 0.3 is 356 Å². The van der Waals surface area contributed by atoms with Crippen LogP contribution in [0, 0.1) is 25.7 Å². The topological polar surface area (TPSA) is 0 Å². The molecule has 60 heavy (non-hydrogen) atoms. The van der Waals surface area contributed by atoms with Gasteiger partial charge < -0.3 is 24.8 Å². The van der Waals surface area contributed by atoms with Gasteiger partial charge in [0.05, 0.1) is 0 Å². The van der Waals surface area contributed by atoms with Crippen molar-refractivity contribution in [1.29, 1.82) is 0 Å². The van der Waals surface area contributed by atoms with Crippen LogP contribution in [0.3, 0.4) is 0 Å². The molecule has 0 fully saturated rings. The number of fused-ring (bicyclic) bond motifs is 5. The number of hydrogen-bond acceptors (Lipinski definition) is 0. The second-order valence-electron chi connectivity index (χ2n) is 18.0. The fraction of sp³-hybridized carbons (Fsp3) is 0.286. The molecular weight excluding hydrogens is 863 g/mol. The summed E-state index contributed by atoms with van der Waals surface area (Å²) in [4.78, 5) is 0. The molecule has 0 aromatic heterocycles. The Hall–Kier alpha value is -3.52. The molecule has 10 rings (SSSR count). The molecule has 304 valence electrons. The predicted octanol–water partition coefficient (Wildman–Crippen LogP) is 6.75. The van der Waals surface area contributed by atoms with E-state index < -0.39 is 25.4 Å². The fourth-order valence-electron chi connectivity index (χ4n) is 12.4. The third-order valence-corrected chi connectivity index (χ3v) is 47.9. The standard InChI is InChI=1S/2C22H25.C12H8Si.2ClH.Zr/c2*1-5-15(3)19-13-18-12-11-16(4)22(21(18)14-19)20-10-8-7-9-17(20)6-2;1-3-7-11-9(5-1)10-6-2-4-8-12(10)13-11;;;/h2*7-15H,5-6H2,1-4H3;1-7,13H;2*1H;/q;;;;;+2/p-2. The molecule has 0 radical (unpaired) electrons. The van der Waals surface area contributed by atoms with Gasteiger partial charge in [0.25, 0.3) is 0 Å². The summed E-state index contributed by atoms with van der Waals surface area (Å²) < 4.78 is 2.84. The van der Waals surface area contributed by atoms with Crippen molar-refractivity contribution in [3.63, 3.8) is 0 Å². The van der Waals surface area contributed by atoms with Crippen LogP contribution in [0.25, 0.3) is 45.5 Å². The van der Waals surface area contributed by atoms with Crippen molar-refractivity contribution < 1.29 is 44.2 Å². The molecule has 2 heterocycles. The van der Waals surface area contributed by atoms with Crippen molar-refractivity contribution in [2.45, 2.75) is 88.3 Å². The molecule has 0 saturated carbocycles. The first-order valence-electron chi connectivity index (χ1n) is 22.4. The van der Waals surface area contributed by atoms with Crippen molar-refractivity contribution in [3.8, 4) is 33.4 Å². The third-order valence-electron chi connectivity index (χ3n) is 15.4. The summed E-state index contributed by atoms with van der Waals surface area (Å²) in [5.41, 5.74) is 24.6. The molecular formula is C56H58Cl2SiZr. The molecule has 0 amide bonds. The van der Waals surface area contributed by atoms with Crippen molar-refractivity contribution in [1.82, 2.24) is 0 Å². The van der Waals surface area contributed by atoms with E-state index in [-0.39, 0.29) is 24.8 Å². The van der Waals surface area contributed by atoms with Gasteiger partial charge in [-0.3, -0.25) is 0 Å². The average Bonchev–Trinajstić information content (AvgIpc) is 3.94. The van der Waals surface area contributed by atoms with Crippen LogP contribution in [0.5, 0.6) is 0 Å². The van der Waals surface area contributed by atoms with Gasteiger partial charge in [-0.25, -0.2) is 0 Å². The normalized spacial score (nSPS) is 19.9. The SMILES string of the molecule is CCc1ccccc1-c1c(C)ccc2c1C=C(C(C)CC)[CH]2[Zr+2]1([CH]2C(C(C)CC)=Cc3c2ccc(C)c3-c2ccccc2CC)[c]2cccc3c2[SiH]1c1ccccc1-3.[Cl-].[Cl-]. The summed E-state index contributed by atoms with van der Waals surface area (Å²) in [6.45, 7) is 19.4.